The molecular weight excluding hydrogens is 430 g/mol. The molecule has 1 unspecified atom stereocenters. The lowest BCUT2D eigenvalue weighted by atomic mass is 10.1. The van der Waals surface area contributed by atoms with E-state index in [1.807, 2.05) is 0 Å². The number of nitrogens with zero attached hydrogens (tertiary/aromatic N) is 1. The molecule has 0 aliphatic carbocycles. The first-order chi connectivity index (χ1) is 14.8. The van der Waals surface area contributed by atoms with Gasteiger partial charge in [0.25, 0.3) is 0 Å². The van der Waals surface area contributed by atoms with Crippen molar-refractivity contribution in [1.82, 2.24) is 9.62 Å². The van der Waals surface area contributed by atoms with Gasteiger partial charge in [0.1, 0.15) is 11.6 Å². The minimum atomic E-state index is -3.75. The summed E-state index contributed by atoms with van der Waals surface area (Å²) < 4.78 is 60.1. The Bertz CT molecular complexity index is 976. The Kier molecular flexibility index (Phi) is 7.58. The molecule has 7 nitrogen and oxygen atoms in total. The van der Waals surface area contributed by atoms with Crippen LogP contribution in [0.4, 0.5) is 13.6 Å². The monoisotopic (exact) mass is 454 g/mol. The summed E-state index contributed by atoms with van der Waals surface area (Å²) >= 11 is 0. The largest absolute Gasteiger partial charge is 0.465 e. The van der Waals surface area contributed by atoms with Crippen LogP contribution in [0, 0.1) is 11.6 Å². The molecular formula is C21H24F2N2O5S. The molecule has 1 aliphatic heterocycles. The summed E-state index contributed by atoms with van der Waals surface area (Å²) in [4.78, 5) is 11.1. The number of carbonyl (C=O) groups is 1. The fourth-order valence-electron chi connectivity index (χ4n) is 3.52. The highest BCUT2D eigenvalue weighted by atomic mass is 32.2. The van der Waals surface area contributed by atoms with Crippen LogP contribution in [0.5, 0.6) is 0 Å². The average molecular weight is 454 g/mol. The van der Waals surface area contributed by atoms with Gasteiger partial charge in [-0.05, 0) is 30.5 Å². The van der Waals surface area contributed by atoms with Crippen LogP contribution in [-0.2, 0) is 21.4 Å². The second kappa shape index (κ2) is 10.2. The average Bonchev–Trinajstić information content (AvgIpc) is 2.73. The fourth-order valence-corrected chi connectivity index (χ4v) is 5.20. The number of halogens is 2. The van der Waals surface area contributed by atoms with Crippen LogP contribution >= 0.6 is 0 Å². The standard InChI is InChI=1S/C21H24F2N2O5S/c22-18-7-4-8-19(23)17(18)13-30-16-9-11-25(12-10-16)31(28,29)14-20(24-21(26)27)15-5-2-1-3-6-15/h1-8,16,20,24H,9-14H2,(H,26,27). The zero-order chi connectivity index (χ0) is 22.4. The fraction of sp³-hybridized carbons (Fsp3) is 0.381. The second-order valence-electron chi connectivity index (χ2n) is 7.30. The maximum atomic E-state index is 13.7. The Morgan fingerprint density at radius 1 is 1.10 bits per heavy atom. The Morgan fingerprint density at radius 2 is 1.71 bits per heavy atom. The van der Waals surface area contributed by atoms with Gasteiger partial charge < -0.3 is 15.2 Å². The second-order valence-corrected chi connectivity index (χ2v) is 9.31. The summed E-state index contributed by atoms with van der Waals surface area (Å²) in [6.45, 7) is 0.136. The number of sulfonamides is 1. The number of rotatable bonds is 8. The lowest BCUT2D eigenvalue weighted by Crippen LogP contribution is -2.44. The Hall–Kier alpha value is -2.56. The van der Waals surface area contributed by atoms with Crippen molar-refractivity contribution in [3.63, 3.8) is 0 Å². The van der Waals surface area contributed by atoms with Crippen molar-refractivity contribution in [1.29, 1.82) is 0 Å². The molecule has 3 rings (SSSR count). The number of amides is 1. The van der Waals surface area contributed by atoms with Crippen molar-refractivity contribution in [2.45, 2.75) is 31.6 Å². The molecule has 31 heavy (non-hydrogen) atoms. The van der Waals surface area contributed by atoms with E-state index in [-0.39, 0.29) is 31.4 Å². The van der Waals surface area contributed by atoms with E-state index in [0.717, 1.165) is 12.1 Å². The van der Waals surface area contributed by atoms with Crippen molar-refractivity contribution in [3.05, 3.63) is 71.3 Å². The minimum Gasteiger partial charge on any atom is -0.465 e. The molecule has 1 fully saturated rings. The predicted octanol–water partition coefficient (Wildman–Crippen LogP) is 3.28. The Labute approximate surface area is 179 Å². The van der Waals surface area contributed by atoms with Crippen LogP contribution in [0.25, 0.3) is 0 Å². The Morgan fingerprint density at radius 3 is 2.29 bits per heavy atom. The third kappa shape index (κ3) is 6.22. The van der Waals surface area contributed by atoms with Gasteiger partial charge in [-0.15, -0.1) is 0 Å². The summed E-state index contributed by atoms with van der Waals surface area (Å²) in [7, 11) is -3.75. The first-order valence-electron chi connectivity index (χ1n) is 9.83. The molecule has 1 aliphatic rings. The highest BCUT2D eigenvalue weighted by Crippen LogP contribution is 2.23. The van der Waals surface area contributed by atoms with Crippen LogP contribution < -0.4 is 5.32 Å². The molecule has 1 saturated heterocycles. The van der Waals surface area contributed by atoms with Gasteiger partial charge in [-0.2, -0.15) is 0 Å². The zero-order valence-corrected chi connectivity index (χ0v) is 17.5. The normalized spacial score (nSPS) is 16.7. The summed E-state index contributed by atoms with van der Waals surface area (Å²) in [6.07, 6.45) is -0.890. The summed E-state index contributed by atoms with van der Waals surface area (Å²) in [5.41, 5.74) is 0.404. The molecule has 2 aromatic rings. The molecule has 2 N–H and O–H groups in total. The van der Waals surface area contributed by atoms with Crippen molar-refractivity contribution < 1.29 is 31.8 Å². The highest BCUT2D eigenvalue weighted by Gasteiger charge is 2.32. The summed E-state index contributed by atoms with van der Waals surface area (Å²) in [5.74, 6) is -1.77. The van der Waals surface area contributed by atoms with E-state index in [1.54, 1.807) is 30.3 Å². The van der Waals surface area contributed by atoms with Gasteiger partial charge in [0, 0.05) is 18.7 Å². The van der Waals surface area contributed by atoms with Crippen LogP contribution in [0.2, 0.25) is 0 Å². The van der Waals surface area contributed by atoms with E-state index in [9.17, 15) is 22.0 Å². The van der Waals surface area contributed by atoms with Gasteiger partial charge in [-0.25, -0.2) is 26.3 Å². The molecule has 1 atom stereocenters. The third-order valence-electron chi connectivity index (χ3n) is 5.20. The summed E-state index contributed by atoms with van der Waals surface area (Å²) in [5, 5.41) is 11.4. The number of carboxylic acid groups (broad SMARTS) is 1. The van der Waals surface area contributed by atoms with Crippen molar-refractivity contribution >= 4 is 16.1 Å². The molecule has 0 radical (unpaired) electrons. The number of benzene rings is 2. The number of nitrogens with one attached hydrogen (secondary N) is 1. The van der Waals surface area contributed by atoms with Crippen molar-refractivity contribution in [2.75, 3.05) is 18.8 Å². The van der Waals surface area contributed by atoms with Gasteiger partial charge in [-0.1, -0.05) is 36.4 Å². The molecule has 10 heteroatoms. The topological polar surface area (TPSA) is 95.9 Å². The van der Waals surface area contributed by atoms with Gasteiger partial charge in [-0.3, -0.25) is 0 Å². The number of hydrogen-bond donors (Lipinski definition) is 2. The van der Waals surface area contributed by atoms with Crippen LogP contribution in [0.15, 0.2) is 48.5 Å². The summed E-state index contributed by atoms with van der Waals surface area (Å²) in [6, 6.07) is 11.2. The maximum Gasteiger partial charge on any atom is 0.405 e. The molecule has 0 saturated carbocycles. The maximum absolute atomic E-state index is 13.7. The Balaban J connectivity index is 1.58. The molecule has 0 aromatic heterocycles. The molecule has 2 aromatic carbocycles. The smallest absolute Gasteiger partial charge is 0.405 e. The van der Waals surface area contributed by atoms with Crippen LogP contribution in [0.1, 0.15) is 30.0 Å². The quantitative estimate of drug-likeness (QED) is 0.638. The zero-order valence-electron chi connectivity index (χ0n) is 16.7. The van der Waals surface area contributed by atoms with E-state index < -0.39 is 39.5 Å². The molecule has 0 spiro atoms. The van der Waals surface area contributed by atoms with E-state index in [4.69, 9.17) is 9.84 Å². The number of ether oxygens (including phenoxy) is 1. The first kappa shape index (κ1) is 23.1. The van der Waals surface area contributed by atoms with E-state index in [2.05, 4.69) is 5.32 Å². The lowest BCUT2D eigenvalue weighted by molar-refractivity contribution is 0.00774. The van der Waals surface area contributed by atoms with Crippen molar-refractivity contribution in [2.24, 2.45) is 0 Å². The molecule has 0 bridgehead atoms. The van der Waals surface area contributed by atoms with Crippen LogP contribution in [0.3, 0.4) is 0 Å². The lowest BCUT2D eigenvalue weighted by Gasteiger charge is -2.32. The van der Waals surface area contributed by atoms with Gasteiger partial charge in [0.05, 0.1) is 24.5 Å². The molecule has 1 amide bonds. The van der Waals surface area contributed by atoms with E-state index in [1.165, 1.54) is 10.4 Å². The molecule has 1 heterocycles. The van der Waals surface area contributed by atoms with E-state index in [0.29, 0.717) is 18.4 Å². The van der Waals surface area contributed by atoms with Gasteiger partial charge in [0.15, 0.2) is 0 Å². The minimum absolute atomic E-state index is 0.150. The third-order valence-corrected chi connectivity index (χ3v) is 7.10. The predicted molar refractivity (Wildman–Crippen MR) is 110 cm³/mol. The SMILES string of the molecule is O=C(O)NC(CS(=O)(=O)N1CCC(OCc2c(F)cccc2F)CC1)c1ccccc1. The van der Waals surface area contributed by atoms with Gasteiger partial charge >= 0.3 is 6.09 Å². The number of piperidine rings is 1. The number of hydrogen-bond acceptors (Lipinski definition) is 4. The van der Waals surface area contributed by atoms with Crippen LogP contribution in [-0.4, -0.2) is 48.9 Å². The van der Waals surface area contributed by atoms with E-state index >= 15 is 0 Å². The first-order valence-corrected chi connectivity index (χ1v) is 11.4. The van der Waals surface area contributed by atoms with Gasteiger partial charge in [0.2, 0.25) is 10.0 Å². The van der Waals surface area contributed by atoms with Crippen molar-refractivity contribution in [3.8, 4) is 0 Å². The highest BCUT2D eigenvalue weighted by molar-refractivity contribution is 7.89. The molecule has 168 valence electrons.